The second-order valence-corrected chi connectivity index (χ2v) is 7.35. The number of aryl methyl sites for hydroxylation is 2. The Morgan fingerprint density at radius 3 is 2.95 bits per heavy atom. The highest BCUT2D eigenvalue weighted by molar-refractivity contribution is 8.00. The molecule has 0 radical (unpaired) electrons. The maximum absolute atomic E-state index is 12.5. The molecule has 0 saturated carbocycles. The number of nitrogens with zero attached hydrogens (tertiary/aromatic N) is 2. The van der Waals surface area contributed by atoms with Crippen LogP contribution in [0.1, 0.15) is 23.8 Å². The number of thioether (sulfide) groups is 1. The maximum atomic E-state index is 12.5. The summed E-state index contributed by atoms with van der Waals surface area (Å²) >= 11 is 2.84. The molecule has 0 fully saturated rings. The first-order chi connectivity index (χ1) is 9.49. The van der Waals surface area contributed by atoms with Crippen LogP contribution in [-0.2, 0) is 24.7 Å². The van der Waals surface area contributed by atoms with E-state index >= 15 is 0 Å². The maximum Gasteiger partial charge on any atom is 0.262 e. The van der Waals surface area contributed by atoms with Gasteiger partial charge in [0.2, 0.25) is 5.91 Å². The zero-order chi connectivity index (χ0) is 14.4. The van der Waals surface area contributed by atoms with Crippen molar-refractivity contribution in [2.24, 2.45) is 12.8 Å². The smallest absolute Gasteiger partial charge is 0.262 e. The van der Waals surface area contributed by atoms with Gasteiger partial charge in [0.1, 0.15) is 4.83 Å². The van der Waals surface area contributed by atoms with Crippen molar-refractivity contribution in [3.8, 4) is 0 Å². The summed E-state index contributed by atoms with van der Waals surface area (Å²) in [6.45, 7) is 1.72. The Balaban J connectivity index is 2.14. The second kappa shape index (κ2) is 4.89. The van der Waals surface area contributed by atoms with Crippen molar-refractivity contribution in [3.05, 3.63) is 20.8 Å². The van der Waals surface area contributed by atoms with Crippen LogP contribution in [0.3, 0.4) is 0 Å². The molecule has 2 aromatic heterocycles. The third kappa shape index (κ3) is 2.05. The molecule has 1 unspecified atom stereocenters. The van der Waals surface area contributed by atoms with E-state index in [1.165, 1.54) is 26.8 Å². The van der Waals surface area contributed by atoms with Gasteiger partial charge < -0.3 is 5.73 Å². The number of carbonyl (C=O) groups is 1. The summed E-state index contributed by atoms with van der Waals surface area (Å²) in [5.74, 6) is -0.405. The number of fused-ring (bicyclic) bond motifs is 3. The van der Waals surface area contributed by atoms with E-state index in [-0.39, 0.29) is 5.56 Å². The van der Waals surface area contributed by atoms with Gasteiger partial charge >= 0.3 is 0 Å². The number of hydrogen-bond donors (Lipinski definition) is 1. The van der Waals surface area contributed by atoms with Gasteiger partial charge in [-0.25, -0.2) is 4.98 Å². The number of thiophene rings is 1. The number of amides is 1. The second-order valence-electron chi connectivity index (χ2n) is 4.96. The van der Waals surface area contributed by atoms with Gasteiger partial charge in [-0.05, 0) is 31.7 Å². The quantitative estimate of drug-likeness (QED) is 0.687. The van der Waals surface area contributed by atoms with Gasteiger partial charge in [0.05, 0.1) is 10.6 Å². The van der Waals surface area contributed by atoms with Crippen molar-refractivity contribution >= 4 is 39.2 Å². The molecule has 3 rings (SSSR count). The topological polar surface area (TPSA) is 78.0 Å². The molecule has 1 atom stereocenters. The Hall–Kier alpha value is -1.34. The van der Waals surface area contributed by atoms with E-state index in [0.29, 0.717) is 5.16 Å². The van der Waals surface area contributed by atoms with Crippen LogP contribution in [0.25, 0.3) is 10.2 Å². The van der Waals surface area contributed by atoms with Crippen LogP contribution in [0.15, 0.2) is 9.95 Å². The standard InChI is InChI=1S/C13H15N3O2S2/c1-6(10(14)17)19-13-15-11-9(12(18)16(13)2)7-4-3-5-8(7)20-11/h6H,3-5H2,1-2H3,(H2,14,17). The summed E-state index contributed by atoms with van der Waals surface area (Å²) in [5.41, 5.74) is 6.43. The highest BCUT2D eigenvalue weighted by atomic mass is 32.2. The van der Waals surface area contributed by atoms with Crippen molar-refractivity contribution in [2.75, 3.05) is 0 Å². The minimum atomic E-state index is -0.405. The van der Waals surface area contributed by atoms with E-state index in [2.05, 4.69) is 4.98 Å². The molecule has 0 spiro atoms. The van der Waals surface area contributed by atoms with E-state index in [4.69, 9.17) is 5.73 Å². The molecule has 0 bridgehead atoms. The van der Waals surface area contributed by atoms with Crippen LogP contribution < -0.4 is 11.3 Å². The van der Waals surface area contributed by atoms with E-state index in [9.17, 15) is 9.59 Å². The summed E-state index contributed by atoms with van der Waals surface area (Å²) in [4.78, 5) is 30.3. The molecular weight excluding hydrogens is 294 g/mol. The SMILES string of the molecule is CC(Sc1nc2sc3c(c2c(=O)n1C)CCC3)C(N)=O. The van der Waals surface area contributed by atoms with Gasteiger partial charge in [-0.1, -0.05) is 11.8 Å². The molecule has 0 aromatic carbocycles. The monoisotopic (exact) mass is 309 g/mol. The van der Waals surface area contributed by atoms with E-state index < -0.39 is 11.2 Å². The van der Waals surface area contributed by atoms with Gasteiger partial charge in [-0.15, -0.1) is 11.3 Å². The summed E-state index contributed by atoms with van der Waals surface area (Å²) in [5, 5.41) is 0.909. The molecule has 1 aliphatic rings. The molecule has 0 saturated heterocycles. The fourth-order valence-corrected chi connectivity index (χ4v) is 4.55. The summed E-state index contributed by atoms with van der Waals surface area (Å²) < 4.78 is 1.53. The van der Waals surface area contributed by atoms with Crippen LogP contribution in [0.5, 0.6) is 0 Å². The average Bonchev–Trinajstić information content (AvgIpc) is 2.95. The normalized spacial score (nSPS) is 15.5. The van der Waals surface area contributed by atoms with Gasteiger partial charge in [0.15, 0.2) is 5.16 Å². The molecule has 1 amide bonds. The highest BCUT2D eigenvalue weighted by Crippen LogP contribution is 2.35. The van der Waals surface area contributed by atoms with Gasteiger partial charge in [0.25, 0.3) is 5.56 Å². The van der Waals surface area contributed by atoms with Crippen molar-refractivity contribution in [1.29, 1.82) is 0 Å². The zero-order valence-electron chi connectivity index (χ0n) is 11.3. The lowest BCUT2D eigenvalue weighted by molar-refractivity contribution is -0.117. The molecule has 20 heavy (non-hydrogen) atoms. The summed E-state index contributed by atoms with van der Waals surface area (Å²) in [6, 6.07) is 0. The summed E-state index contributed by atoms with van der Waals surface area (Å²) in [6.07, 6.45) is 3.13. The first-order valence-corrected chi connectivity index (χ1v) is 8.16. The number of rotatable bonds is 3. The Labute approximate surface area is 124 Å². The van der Waals surface area contributed by atoms with Crippen LogP contribution in [0.2, 0.25) is 0 Å². The molecule has 2 heterocycles. The largest absolute Gasteiger partial charge is 0.369 e. The van der Waals surface area contributed by atoms with Gasteiger partial charge in [-0.2, -0.15) is 0 Å². The molecular formula is C13H15N3O2S2. The minimum absolute atomic E-state index is 0.0198. The van der Waals surface area contributed by atoms with Crippen LogP contribution in [-0.4, -0.2) is 20.7 Å². The Morgan fingerprint density at radius 1 is 1.50 bits per heavy atom. The lowest BCUT2D eigenvalue weighted by Crippen LogP contribution is -2.25. The predicted octanol–water partition coefficient (Wildman–Crippen LogP) is 1.45. The lowest BCUT2D eigenvalue weighted by atomic mass is 10.2. The third-order valence-corrected chi connectivity index (χ3v) is 5.94. The molecule has 2 aromatic rings. The highest BCUT2D eigenvalue weighted by Gasteiger charge is 2.23. The molecule has 106 valence electrons. The number of nitrogens with two attached hydrogens (primary N) is 1. The van der Waals surface area contributed by atoms with Gasteiger partial charge in [-0.3, -0.25) is 14.2 Å². The Kier molecular flexibility index (Phi) is 3.33. The van der Waals surface area contributed by atoms with Crippen molar-refractivity contribution < 1.29 is 4.79 Å². The fourth-order valence-electron chi connectivity index (χ4n) is 2.43. The van der Waals surface area contributed by atoms with E-state index in [0.717, 1.165) is 29.5 Å². The zero-order valence-corrected chi connectivity index (χ0v) is 12.9. The van der Waals surface area contributed by atoms with Crippen LogP contribution >= 0.6 is 23.1 Å². The number of hydrogen-bond acceptors (Lipinski definition) is 5. The van der Waals surface area contributed by atoms with Crippen molar-refractivity contribution in [1.82, 2.24) is 9.55 Å². The summed E-state index contributed by atoms with van der Waals surface area (Å²) in [7, 11) is 1.70. The predicted molar refractivity (Wildman–Crippen MR) is 81.4 cm³/mol. The first-order valence-electron chi connectivity index (χ1n) is 6.46. The number of primary amides is 1. The van der Waals surface area contributed by atoms with Crippen LogP contribution in [0.4, 0.5) is 0 Å². The Bertz CT molecular complexity index is 763. The van der Waals surface area contributed by atoms with Crippen molar-refractivity contribution in [3.63, 3.8) is 0 Å². The van der Waals surface area contributed by atoms with E-state index in [1.54, 1.807) is 25.3 Å². The minimum Gasteiger partial charge on any atom is -0.369 e. The molecule has 1 aliphatic carbocycles. The number of aromatic nitrogens is 2. The molecule has 5 nitrogen and oxygen atoms in total. The van der Waals surface area contributed by atoms with Gasteiger partial charge in [0, 0.05) is 11.9 Å². The fraction of sp³-hybridized carbons (Fsp3) is 0.462. The molecule has 0 aliphatic heterocycles. The molecule has 7 heteroatoms. The lowest BCUT2D eigenvalue weighted by Gasteiger charge is -2.10. The van der Waals surface area contributed by atoms with Crippen LogP contribution in [0, 0.1) is 0 Å². The first kappa shape index (κ1) is 13.6. The average molecular weight is 309 g/mol. The number of carbonyl (C=O) groups excluding carboxylic acids is 1. The molecule has 2 N–H and O–H groups in total. The van der Waals surface area contributed by atoms with E-state index in [1.807, 2.05) is 0 Å². The van der Waals surface area contributed by atoms with Crippen molar-refractivity contribution in [2.45, 2.75) is 36.6 Å². The third-order valence-electron chi connectivity index (χ3n) is 3.59. The Morgan fingerprint density at radius 2 is 2.25 bits per heavy atom.